The predicted molar refractivity (Wildman–Crippen MR) is 94.6 cm³/mol. The van der Waals surface area contributed by atoms with Crippen molar-refractivity contribution in [2.75, 3.05) is 20.1 Å². The summed E-state index contributed by atoms with van der Waals surface area (Å²) < 4.78 is 14.0. The van der Waals surface area contributed by atoms with Gasteiger partial charge in [0.1, 0.15) is 5.82 Å². The van der Waals surface area contributed by atoms with Gasteiger partial charge in [0.05, 0.1) is 0 Å². The van der Waals surface area contributed by atoms with Gasteiger partial charge in [-0.3, -0.25) is 9.98 Å². The van der Waals surface area contributed by atoms with Crippen LogP contribution in [-0.2, 0) is 11.8 Å². The van der Waals surface area contributed by atoms with Crippen molar-refractivity contribution in [3.63, 3.8) is 0 Å². The van der Waals surface area contributed by atoms with Crippen molar-refractivity contribution in [3.8, 4) is 0 Å². The van der Waals surface area contributed by atoms with Crippen LogP contribution in [0.3, 0.4) is 0 Å². The van der Waals surface area contributed by atoms with Crippen LogP contribution in [0.2, 0.25) is 0 Å². The maximum Gasteiger partial charge on any atom is 0.191 e. The van der Waals surface area contributed by atoms with Crippen LogP contribution in [0.25, 0.3) is 0 Å². The SMILES string of the molecule is CN=C(NCCc1ccccn1)NCC1(c2ccccc2F)CC1. The second-order valence-electron chi connectivity index (χ2n) is 6.18. The standard InChI is InChI=1S/C19H23FN4/c1-21-18(23-13-9-15-6-4-5-12-22-15)24-14-19(10-11-19)16-7-2-3-8-17(16)20/h2-8,12H,9-11,13-14H2,1H3,(H2,21,23,24). The third kappa shape index (κ3) is 3.91. The number of aromatic nitrogens is 1. The lowest BCUT2D eigenvalue weighted by Gasteiger charge is -2.19. The number of halogens is 1. The minimum Gasteiger partial charge on any atom is -0.356 e. The Morgan fingerprint density at radius 1 is 1.17 bits per heavy atom. The van der Waals surface area contributed by atoms with Gasteiger partial charge in [0.2, 0.25) is 0 Å². The van der Waals surface area contributed by atoms with Crippen molar-refractivity contribution in [3.05, 3.63) is 65.7 Å². The Labute approximate surface area is 142 Å². The van der Waals surface area contributed by atoms with E-state index in [1.54, 1.807) is 19.3 Å². The predicted octanol–water partition coefficient (Wildman–Crippen LogP) is 2.66. The minimum atomic E-state index is -0.116. The molecule has 0 unspecified atom stereocenters. The number of benzene rings is 1. The number of hydrogen-bond donors (Lipinski definition) is 2. The van der Waals surface area contributed by atoms with Gasteiger partial charge in [0.15, 0.2) is 5.96 Å². The molecule has 1 aliphatic rings. The zero-order chi connectivity index (χ0) is 16.8. The minimum absolute atomic E-state index is 0.0933. The van der Waals surface area contributed by atoms with Crippen molar-refractivity contribution >= 4 is 5.96 Å². The molecule has 0 atom stereocenters. The first-order valence-electron chi connectivity index (χ1n) is 8.33. The Morgan fingerprint density at radius 2 is 1.96 bits per heavy atom. The Balaban J connectivity index is 1.51. The van der Waals surface area contributed by atoms with Crippen LogP contribution in [-0.4, -0.2) is 31.1 Å². The molecule has 0 radical (unpaired) electrons. The van der Waals surface area contributed by atoms with Crippen molar-refractivity contribution in [1.29, 1.82) is 0 Å². The van der Waals surface area contributed by atoms with Crippen LogP contribution in [0.15, 0.2) is 53.7 Å². The van der Waals surface area contributed by atoms with Gasteiger partial charge >= 0.3 is 0 Å². The molecular weight excluding hydrogens is 303 g/mol. The van der Waals surface area contributed by atoms with Gasteiger partial charge in [-0.15, -0.1) is 0 Å². The number of rotatable bonds is 6. The smallest absolute Gasteiger partial charge is 0.191 e. The van der Waals surface area contributed by atoms with Crippen LogP contribution in [0.5, 0.6) is 0 Å². The molecule has 126 valence electrons. The molecule has 5 heteroatoms. The summed E-state index contributed by atoms with van der Waals surface area (Å²) in [4.78, 5) is 8.55. The normalized spacial score (nSPS) is 15.8. The zero-order valence-electron chi connectivity index (χ0n) is 13.9. The lowest BCUT2D eigenvalue weighted by Crippen LogP contribution is -2.42. The maximum atomic E-state index is 14.0. The van der Waals surface area contributed by atoms with Gasteiger partial charge in [-0.25, -0.2) is 4.39 Å². The molecule has 0 amide bonds. The first-order chi connectivity index (χ1) is 11.7. The number of nitrogens with zero attached hydrogens (tertiary/aromatic N) is 2. The highest BCUT2D eigenvalue weighted by atomic mass is 19.1. The van der Waals surface area contributed by atoms with Gasteiger partial charge in [-0.2, -0.15) is 0 Å². The first kappa shape index (κ1) is 16.4. The quantitative estimate of drug-likeness (QED) is 0.634. The van der Waals surface area contributed by atoms with E-state index in [-0.39, 0.29) is 11.2 Å². The molecule has 0 bridgehead atoms. The summed E-state index contributed by atoms with van der Waals surface area (Å²) in [5.41, 5.74) is 1.76. The monoisotopic (exact) mass is 326 g/mol. The Bertz CT molecular complexity index is 696. The fourth-order valence-electron chi connectivity index (χ4n) is 2.91. The van der Waals surface area contributed by atoms with E-state index < -0.39 is 0 Å². The van der Waals surface area contributed by atoms with Gasteiger partial charge < -0.3 is 10.6 Å². The lowest BCUT2D eigenvalue weighted by molar-refractivity contribution is 0.559. The molecule has 1 heterocycles. The van der Waals surface area contributed by atoms with Gasteiger partial charge in [0, 0.05) is 43.9 Å². The fraction of sp³-hybridized carbons (Fsp3) is 0.368. The molecular formula is C19H23FN4. The van der Waals surface area contributed by atoms with Crippen LogP contribution in [0.4, 0.5) is 4.39 Å². The molecule has 3 rings (SSSR count). The van der Waals surface area contributed by atoms with E-state index in [0.717, 1.165) is 43.0 Å². The first-order valence-corrected chi connectivity index (χ1v) is 8.33. The van der Waals surface area contributed by atoms with Crippen molar-refractivity contribution in [2.45, 2.75) is 24.7 Å². The molecule has 1 fully saturated rings. The lowest BCUT2D eigenvalue weighted by atomic mass is 9.95. The highest BCUT2D eigenvalue weighted by Gasteiger charge is 2.45. The number of pyridine rings is 1. The average molecular weight is 326 g/mol. The molecule has 0 aliphatic heterocycles. The van der Waals surface area contributed by atoms with Gasteiger partial charge in [-0.1, -0.05) is 24.3 Å². The molecule has 1 aromatic heterocycles. The average Bonchev–Trinajstić information content (AvgIpc) is 3.40. The molecule has 0 saturated heterocycles. The highest BCUT2D eigenvalue weighted by Crippen LogP contribution is 2.48. The number of guanidine groups is 1. The second-order valence-corrected chi connectivity index (χ2v) is 6.18. The summed E-state index contributed by atoms with van der Waals surface area (Å²) in [5.74, 6) is 0.628. The van der Waals surface area contributed by atoms with Crippen LogP contribution in [0.1, 0.15) is 24.1 Å². The molecule has 0 spiro atoms. The molecule has 24 heavy (non-hydrogen) atoms. The number of nitrogens with one attached hydrogen (secondary N) is 2. The molecule has 4 nitrogen and oxygen atoms in total. The molecule has 1 aliphatic carbocycles. The van der Waals surface area contributed by atoms with E-state index in [4.69, 9.17) is 0 Å². The summed E-state index contributed by atoms with van der Waals surface area (Å²) in [6.07, 6.45) is 4.64. The van der Waals surface area contributed by atoms with Crippen molar-refractivity contribution < 1.29 is 4.39 Å². The summed E-state index contributed by atoms with van der Waals surface area (Å²) in [7, 11) is 1.75. The van der Waals surface area contributed by atoms with Gasteiger partial charge in [-0.05, 0) is 36.6 Å². The van der Waals surface area contributed by atoms with E-state index in [2.05, 4.69) is 20.6 Å². The van der Waals surface area contributed by atoms with E-state index >= 15 is 0 Å². The van der Waals surface area contributed by atoms with Crippen LogP contribution >= 0.6 is 0 Å². The van der Waals surface area contributed by atoms with E-state index in [1.165, 1.54) is 6.07 Å². The number of hydrogen-bond acceptors (Lipinski definition) is 2. The third-order valence-electron chi connectivity index (χ3n) is 4.52. The molecule has 1 aromatic carbocycles. The van der Waals surface area contributed by atoms with Crippen molar-refractivity contribution in [1.82, 2.24) is 15.6 Å². The summed E-state index contributed by atoms with van der Waals surface area (Å²) in [5, 5.41) is 6.63. The fourth-order valence-corrected chi connectivity index (χ4v) is 2.91. The molecule has 1 saturated carbocycles. The Hall–Kier alpha value is -2.43. The van der Waals surface area contributed by atoms with Gasteiger partial charge in [0.25, 0.3) is 0 Å². The summed E-state index contributed by atoms with van der Waals surface area (Å²) >= 11 is 0. The topological polar surface area (TPSA) is 49.3 Å². The molecule has 2 aromatic rings. The Kier molecular flexibility index (Phi) is 5.08. The highest BCUT2D eigenvalue weighted by molar-refractivity contribution is 5.79. The maximum absolute atomic E-state index is 14.0. The van der Waals surface area contributed by atoms with Crippen LogP contribution < -0.4 is 10.6 Å². The second kappa shape index (κ2) is 7.43. The van der Waals surface area contributed by atoms with Crippen LogP contribution in [0, 0.1) is 5.82 Å². The third-order valence-corrected chi connectivity index (χ3v) is 4.52. The Morgan fingerprint density at radius 3 is 2.62 bits per heavy atom. The summed E-state index contributed by atoms with van der Waals surface area (Å²) in [6, 6.07) is 13.0. The summed E-state index contributed by atoms with van der Waals surface area (Å²) in [6.45, 7) is 1.45. The van der Waals surface area contributed by atoms with E-state index in [9.17, 15) is 4.39 Å². The number of aliphatic imine (C=N–C) groups is 1. The van der Waals surface area contributed by atoms with E-state index in [0.29, 0.717) is 6.54 Å². The largest absolute Gasteiger partial charge is 0.356 e. The van der Waals surface area contributed by atoms with E-state index in [1.807, 2.05) is 30.3 Å². The van der Waals surface area contributed by atoms with Crippen molar-refractivity contribution in [2.24, 2.45) is 4.99 Å². The molecule has 2 N–H and O–H groups in total. The zero-order valence-corrected chi connectivity index (χ0v) is 13.9.